The molecule has 2 fully saturated rings. The molecule has 1 aliphatic carbocycles. The van der Waals surface area contributed by atoms with E-state index in [-0.39, 0.29) is 55.8 Å². The fraction of sp³-hybridized carbons (Fsp3) is 0.529. The highest BCUT2D eigenvalue weighted by atomic mass is 28.4. The molecule has 0 spiro atoms. The molecule has 0 bridgehead atoms. The Morgan fingerprint density at radius 3 is 1.40 bits per heavy atom. The summed E-state index contributed by atoms with van der Waals surface area (Å²) in [5.74, 6) is -3.73. The first-order valence-corrected chi connectivity index (χ1v) is 19.5. The first-order chi connectivity index (χ1) is 23.6. The third kappa shape index (κ3) is 7.26. The lowest BCUT2D eigenvalue weighted by Gasteiger charge is -2.50. The molecule has 4 unspecified atom stereocenters. The van der Waals surface area contributed by atoms with Gasteiger partial charge in [0.05, 0.1) is 34.1 Å². The largest absolute Gasteiger partial charge is 0.416 e. The number of hydrogen-bond donors (Lipinski definition) is 0. The van der Waals surface area contributed by atoms with Crippen molar-refractivity contribution < 1.29 is 66.7 Å². The summed E-state index contributed by atoms with van der Waals surface area (Å²) in [6.45, 7) is 5.92. The van der Waals surface area contributed by atoms with Gasteiger partial charge in [0.15, 0.2) is 8.32 Å². The molecule has 2 heterocycles. The number of nitrogens with zero attached hydrogens (tertiary/aromatic N) is 2. The van der Waals surface area contributed by atoms with Crippen LogP contribution in [0.2, 0.25) is 19.6 Å². The van der Waals surface area contributed by atoms with Crippen LogP contribution in [0.3, 0.4) is 0 Å². The lowest BCUT2D eigenvalue weighted by molar-refractivity contribution is -0.144. The summed E-state index contributed by atoms with van der Waals surface area (Å²) in [7, 11) is -2.18. The van der Waals surface area contributed by atoms with Crippen LogP contribution in [0.4, 0.5) is 52.7 Å². The summed E-state index contributed by atoms with van der Waals surface area (Å²) in [5, 5.41) is 0. The lowest BCUT2D eigenvalue weighted by atomic mass is 9.73. The maximum atomic E-state index is 14.4. The number of carbonyl (C=O) groups is 2. The lowest BCUT2D eigenvalue weighted by Crippen LogP contribution is -2.59. The number of hydrogen-bond acceptors (Lipinski definition) is 4. The number of fused-ring (bicyclic) bond motifs is 1. The molecule has 52 heavy (non-hydrogen) atoms. The molecule has 5 nitrogen and oxygen atoms in total. The Labute approximate surface area is 291 Å². The second-order valence-corrected chi connectivity index (χ2v) is 18.9. The number of likely N-dealkylation sites (tertiary alicyclic amines) is 2. The van der Waals surface area contributed by atoms with Crippen molar-refractivity contribution in [3.63, 3.8) is 0 Å². The summed E-state index contributed by atoms with van der Waals surface area (Å²) in [6.07, 6.45) is -18.7. The van der Waals surface area contributed by atoms with Crippen molar-refractivity contribution in [2.24, 2.45) is 17.8 Å². The molecule has 2 aromatic carbocycles. The Hall–Kier alpha value is -3.38. The minimum absolute atomic E-state index is 0.0462. The van der Waals surface area contributed by atoms with Crippen molar-refractivity contribution >= 4 is 20.1 Å². The van der Waals surface area contributed by atoms with E-state index in [1.54, 1.807) is 13.0 Å². The Kier molecular flexibility index (Phi) is 9.87. The van der Waals surface area contributed by atoms with E-state index >= 15 is 0 Å². The summed E-state index contributed by atoms with van der Waals surface area (Å²) in [6, 6.07) is -1.96. The highest BCUT2D eigenvalue weighted by Crippen LogP contribution is 2.52. The summed E-state index contributed by atoms with van der Waals surface area (Å²) >= 11 is 0. The van der Waals surface area contributed by atoms with Gasteiger partial charge in [-0.1, -0.05) is 19.1 Å². The zero-order valence-corrected chi connectivity index (χ0v) is 29.3. The molecule has 0 radical (unpaired) electrons. The van der Waals surface area contributed by atoms with Gasteiger partial charge in [-0.2, -0.15) is 52.7 Å². The summed E-state index contributed by atoms with van der Waals surface area (Å²) in [5.41, 5.74) is -12.2. The van der Waals surface area contributed by atoms with Crippen molar-refractivity contribution in [3.8, 4) is 0 Å². The molecular formula is C34H34F12N2O3Si. The number of allylic oxidation sites excluding steroid dienone is 1. The first-order valence-electron chi connectivity index (χ1n) is 16.1. The molecular weight excluding hydrogens is 740 g/mol. The van der Waals surface area contributed by atoms with E-state index in [4.69, 9.17) is 4.43 Å². The van der Waals surface area contributed by atoms with Crippen molar-refractivity contribution in [1.82, 2.24) is 9.80 Å². The van der Waals surface area contributed by atoms with E-state index < -0.39 is 114 Å². The summed E-state index contributed by atoms with van der Waals surface area (Å²) < 4.78 is 179. The van der Waals surface area contributed by atoms with E-state index in [1.165, 1.54) is 37.7 Å². The minimum Gasteiger partial charge on any atom is -0.403 e. The number of alkyl halides is 12. The van der Waals surface area contributed by atoms with Crippen molar-refractivity contribution in [2.45, 2.75) is 81.8 Å². The van der Waals surface area contributed by atoms with Crippen LogP contribution in [0.15, 0.2) is 48.6 Å². The second kappa shape index (κ2) is 12.9. The molecule has 5 rings (SSSR count). The minimum atomic E-state index is -5.45. The number of benzene rings is 2. The second-order valence-electron chi connectivity index (χ2n) is 14.5. The van der Waals surface area contributed by atoms with Gasteiger partial charge in [0.2, 0.25) is 11.8 Å². The van der Waals surface area contributed by atoms with E-state index in [1.807, 2.05) is 0 Å². The molecule has 2 aromatic rings. The highest BCUT2D eigenvalue weighted by molar-refractivity contribution is 6.69. The van der Waals surface area contributed by atoms with Crippen LogP contribution in [0, 0.1) is 17.8 Å². The van der Waals surface area contributed by atoms with Crippen LogP contribution >= 0.6 is 0 Å². The van der Waals surface area contributed by atoms with Crippen LogP contribution in [-0.2, 0) is 44.3 Å². The molecule has 2 amide bonds. The molecule has 3 aliphatic rings. The van der Waals surface area contributed by atoms with Gasteiger partial charge < -0.3 is 4.43 Å². The third-order valence-electron chi connectivity index (χ3n) is 9.81. The van der Waals surface area contributed by atoms with Gasteiger partial charge in [0.1, 0.15) is 5.60 Å². The van der Waals surface area contributed by atoms with Gasteiger partial charge in [-0.05, 0) is 92.5 Å². The van der Waals surface area contributed by atoms with Crippen LogP contribution in [0.1, 0.15) is 53.1 Å². The van der Waals surface area contributed by atoms with E-state index in [0.717, 1.165) is 4.90 Å². The molecule has 0 N–H and O–H groups in total. The van der Waals surface area contributed by atoms with Crippen LogP contribution in [0.25, 0.3) is 0 Å². The maximum absolute atomic E-state index is 14.4. The van der Waals surface area contributed by atoms with Gasteiger partial charge in [0.25, 0.3) is 0 Å². The first kappa shape index (κ1) is 39.8. The van der Waals surface area contributed by atoms with Crippen LogP contribution in [-0.4, -0.2) is 55.6 Å². The van der Waals surface area contributed by atoms with E-state index in [2.05, 4.69) is 0 Å². The molecule has 286 valence electrons. The maximum Gasteiger partial charge on any atom is 0.416 e. The number of halogens is 12. The smallest absolute Gasteiger partial charge is 0.403 e. The SMILES string of the molecule is CC1C=CC(N2CCC[C@H]2C(O[Si](C)(C)C)(c2cc(C(F)(F)F)cc(C(F)(F)F)c2)c2cc(C(F)(F)F)cc(C(F)(F)F)c2)C2C(=O)N(C)C(=O)C12. The predicted molar refractivity (Wildman–Crippen MR) is 165 cm³/mol. The molecule has 0 saturated carbocycles. The fourth-order valence-corrected chi connectivity index (χ4v) is 9.10. The average Bonchev–Trinajstić information content (AvgIpc) is 3.58. The highest BCUT2D eigenvalue weighted by Gasteiger charge is 2.59. The number of carbonyl (C=O) groups excluding carboxylic acids is 2. The van der Waals surface area contributed by atoms with Gasteiger partial charge in [-0.25, -0.2) is 0 Å². The number of imide groups is 1. The molecule has 2 aliphatic heterocycles. The zero-order chi connectivity index (χ0) is 39.1. The van der Waals surface area contributed by atoms with Crippen molar-refractivity contribution in [3.05, 3.63) is 81.9 Å². The Morgan fingerprint density at radius 1 is 0.635 bits per heavy atom. The monoisotopic (exact) mass is 774 g/mol. The molecule has 18 heteroatoms. The standard InChI is InChI=1S/C34H34F12N2O3Si/c1-17-8-9-24(27-26(17)28(49)47(2)29(27)50)48-10-6-7-25(48)30(51-52(3,4)5,18-11-20(31(35,36)37)15-21(12-18)32(38,39)40)19-13-22(33(41,42)43)16-23(14-19)34(44,45)46/h8-9,11-17,24-27H,6-7,10H2,1-5H3/t17?,24?,25-,26?,27?/m0/s1. The Bertz CT molecular complexity index is 1620. The molecule has 5 atom stereocenters. The number of rotatable bonds is 6. The normalized spacial score (nSPS) is 25.3. The van der Waals surface area contributed by atoms with Gasteiger partial charge in [-0.3, -0.25) is 19.4 Å². The van der Waals surface area contributed by atoms with Gasteiger partial charge in [-0.15, -0.1) is 0 Å². The van der Waals surface area contributed by atoms with E-state index in [9.17, 15) is 62.3 Å². The Balaban J connectivity index is 1.93. The quantitative estimate of drug-likeness (QED) is 0.127. The zero-order valence-electron chi connectivity index (χ0n) is 28.3. The Morgan fingerprint density at radius 2 is 1.02 bits per heavy atom. The average molecular weight is 775 g/mol. The fourth-order valence-electron chi connectivity index (χ4n) is 7.76. The topological polar surface area (TPSA) is 49.9 Å². The van der Waals surface area contributed by atoms with Crippen LogP contribution in [0.5, 0.6) is 0 Å². The van der Waals surface area contributed by atoms with E-state index in [0.29, 0.717) is 0 Å². The molecule has 0 aromatic heterocycles. The number of amides is 2. The van der Waals surface area contributed by atoms with Gasteiger partial charge in [0, 0.05) is 19.1 Å². The van der Waals surface area contributed by atoms with Gasteiger partial charge >= 0.3 is 24.7 Å². The third-order valence-corrected chi connectivity index (χ3v) is 10.7. The molecule has 2 saturated heterocycles. The van der Waals surface area contributed by atoms with Crippen LogP contribution < -0.4 is 0 Å². The van der Waals surface area contributed by atoms with Crippen molar-refractivity contribution in [1.29, 1.82) is 0 Å². The predicted octanol–water partition coefficient (Wildman–Crippen LogP) is 9.13. The van der Waals surface area contributed by atoms with Crippen molar-refractivity contribution in [2.75, 3.05) is 13.6 Å². The summed E-state index contributed by atoms with van der Waals surface area (Å²) in [4.78, 5) is 29.1.